The van der Waals surface area contributed by atoms with Gasteiger partial charge in [-0.15, -0.1) is 5.48 Å². The van der Waals surface area contributed by atoms with Gasteiger partial charge in [0, 0.05) is 94.1 Å². The number of nitrogens with zero attached hydrogens (tertiary/aromatic N) is 4. The minimum Gasteiger partial charge on any atom is -0.394 e. The Bertz CT molecular complexity index is 4230. The number of hydroxylamine groups is 1. The highest BCUT2D eigenvalue weighted by atomic mass is 35.5. The molecule has 0 bridgehead atoms. The number of unbranched alkanes of at least 4 members (excludes halogenated alkanes) is 3. The Kier molecular flexibility index (Phi) is 37.4. The standard InChI is InChI=1S/C82H108ClN17O15/c1-50(2)41-65(76(108)94-64(26-11-12-37-88-51(3)4)81(113)100-40-18-27-70(100)82(114)115-99-52(5)71(84)103)95-75(107)63(25-10-14-39-90-73(105)60-23-17-36-87-48-60)92-74(106)62(24-9-13-38-89-72(104)59-22-16-35-86-47-59)93-80(112)69(49-101)98-79(111)68(45-56-19-15-34-85-46-56)97-78(110)67(43-54-29-32-61(83)33-30-54)96-77(109)66(91-53(6)102)44-55-28-31-57-20-7-8-21-58(57)42-55/h7-8,15-17,19-23,28-36,42,46-48,50-52,62-70,88,99,101H,9-14,18,24-27,37-41,43-45,49H2,1-6H3,(H2,84,103)(H,89,104)(H,90,105)(H,91,102)(H,92,106)(H,93,112)(H,94,108)(H,95,107)(H,96,109)(H,97,110)(H,98,111)/t52-,62-,63-,64+,65+,66+,67-,68+,69-,70+/m1/s1. The molecule has 618 valence electrons. The lowest BCUT2D eigenvalue weighted by atomic mass is 9.99. The molecule has 1 saturated heterocycles. The fourth-order valence-corrected chi connectivity index (χ4v) is 13.0. The van der Waals surface area contributed by atoms with Crippen molar-refractivity contribution in [3.63, 3.8) is 0 Å². The van der Waals surface area contributed by atoms with Crippen LogP contribution < -0.4 is 69.7 Å². The third kappa shape index (κ3) is 30.8. The second kappa shape index (κ2) is 47.4. The van der Waals surface area contributed by atoms with Crippen LogP contribution in [0.15, 0.2) is 140 Å². The van der Waals surface area contributed by atoms with Crippen molar-refractivity contribution in [1.82, 2.24) is 83.8 Å². The summed E-state index contributed by atoms with van der Waals surface area (Å²) in [6.07, 6.45) is 10.7. The van der Waals surface area contributed by atoms with Crippen molar-refractivity contribution >= 4 is 99.2 Å². The summed E-state index contributed by atoms with van der Waals surface area (Å²) >= 11 is 6.27. The Hall–Kier alpha value is -11.3. The van der Waals surface area contributed by atoms with Crippen LogP contribution in [0.5, 0.6) is 0 Å². The molecule has 0 unspecified atom stereocenters. The molecule has 0 aliphatic carbocycles. The number of halogens is 1. The van der Waals surface area contributed by atoms with Gasteiger partial charge in [-0.1, -0.05) is 100.0 Å². The van der Waals surface area contributed by atoms with Gasteiger partial charge in [-0.05, 0) is 166 Å². The van der Waals surface area contributed by atoms with Crippen LogP contribution in [0.25, 0.3) is 10.8 Å². The minimum atomic E-state index is -1.84. The fraction of sp³-hybridized carbons (Fsp3) is 0.463. The van der Waals surface area contributed by atoms with Crippen LogP contribution in [0, 0.1) is 5.92 Å². The number of carbonyl (C=O) groups excluding carboxylic acids is 13. The first-order valence-electron chi connectivity index (χ1n) is 38.9. The smallest absolute Gasteiger partial charge is 0.347 e. The number of likely N-dealkylation sites (tertiary alicyclic amines) is 1. The molecule has 3 aromatic carbocycles. The van der Waals surface area contributed by atoms with Gasteiger partial charge < -0.3 is 79.1 Å². The summed E-state index contributed by atoms with van der Waals surface area (Å²) in [6, 6.07) is 15.7. The van der Waals surface area contributed by atoms with E-state index in [1.54, 1.807) is 60.7 Å². The lowest BCUT2D eigenvalue weighted by molar-refractivity contribution is -0.162. The quantitative estimate of drug-likeness (QED) is 0.0193. The molecule has 12 amide bonds. The maximum Gasteiger partial charge on any atom is 0.347 e. The molecule has 1 aliphatic rings. The van der Waals surface area contributed by atoms with Crippen LogP contribution in [0.3, 0.4) is 0 Å². The SMILES string of the molecule is CC(=O)N[C@@H](Cc1ccc2ccccc2c1)C(=O)N[C@H](Cc1ccc(Cl)cc1)C(=O)N[C@@H](Cc1cccnc1)C(=O)N[C@H](CO)C(=O)N[C@H](CCCCNC(=O)c1cccnc1)C(=O)N[C@H](CCCCNC(=O)c1cccnc1)C(=O)N[C@@H](CC(C)C)C(=O)N[C@@H](CCCCNC(C)C)C(=O)N1CCC[C@H]1C(=O)ON[C@H](C)C(N)=O. The number of nitrogens with one attached hydrogen (secondary N) is 12. The molecule has 33 heteroatoms. The number of aromatic nitrogens is 3. The number of pyridine rings is 3. The highest BCUT2D eigenvalue weighted by molar-refractivity contribution is 6.30. The topological polar surface area (TPSA) is 464 Å². The molecule has 7 rings (SSSR count). The van der Waals surface area contributed by atoms with Crippen molar-refractivity contribution in [3.05, 3.63) is 173 Å². The zero-order valence-corrected chi connectivity index (χ0v) is 66.5. The molecule has 0 saturated carbocycles. The van der Waals surface area contributed by atoms with E-state index >= 15 is 9.59 Å². The largest absolute Gasteiger partial charge is 0.394 e. The Morgan fingerprint density at radius 3 is 1.49 bits per heavy atom. The normalized spacial score (nSPS) is 14.9. The minimum absolute atomic E-state index is 0.0193. The second-order valence-corrected chi connectivity index (χ2v) is 29.7. The van der Waals surface area contributed by atoms with Gasteiger partial charge in [0.2, 0.25) is 59.1 Å². The van der Waals surface area contributed by atoms with Crippen LogP contribution in [0.2, 0.25) is 5.02 Å². The van der Waals surface area contributed by atoms with E-state index in [0.717, 1.165) is 10.8 Å². The maximum absolute atomic E-state index is 15.2. The van der Waals surface area contributed by atoms with E-state index in [4.69, 9.17) is 22.2 Å². The number of rotatable bonds is 47. The van der Waals surface area contributed by atoms with Gasteiger partial charge in [-0.3, -0.25) is 72.5 Å². The van der Waals surface area contributed by atoms with E-state index in [1.165, 1.54) is 55.9 Å². The number of fused-ring (bicyclic) bond motifs is 1. The monoisotopic (exact) mass is 1610 g/mol. The number of benzene rings is 3. The molecule has 1 fully saturated rings. The van der Waals surface area contributed by atoms with Crippen molar-refractivity contribution in [1.29, 1.82) is 0 Å². The number of primary amides is 1. The van der Waals surface area contributed by atoms with E-state index < -0.39 is 144 Å². The molecule has 1 aliphatic heterocycles. The summed E-state index contributed by atoms with van der Waals surface area (Å²) < 4.78 is 0. The zero-order chi connectivity index (χ0) is 83.3. The lowest BCUT2D eigenvalue weighted by Crippen LogP contribution is -2.61. The summed E-state index contributed by atoms with van der Waals surface area (Å²) in [7, 11) is 0. The summed E-state index contributed by atoms with van der Waals surface area (Å²) in [5.74, 6) is -10.1. The van der Waals surface area contributed by atoms with Crippen molar-refractivity contribution in [2.75, 3.05) is 32.8 Å². The van der Waals surface area contributed by atoms with Gasteiger partial charge in [0.25, 0.3) is 11.8 Å². The average Bonchev–Trinajstić information content (AvgIpc) is 1.82. The summed E-state index contributed by atoms with van der Waals surface area (Å²) in [5.41, 5.74) is 9.94. The van der Waals surface area contributed by atoms with E-state index in [2.05, 4.69) is 78.9 Å². The predicted octanol–water partition coefficient (Wildman–Crippen LogP) is 2.92. The van der Waals surface area contributed by atoms with E-state index in [9.17, 15) is 57.8 Å². The van der Waals surface area contributed by atoms with Crippen molar-refractivity contribution in [2.24, 2.45) is 11.7 Å². The highest BCUT2D eigenvalue weighted by Gasteiger charge is 2.41. The number of hydrogen-bond acceptors (Lipinski definition) is 20. The van der Waals surface area contributed by atoms with Crippen LogP contribution >= 0.6 is 11.6 Å². The highest BCUT2D eigenvalue weighted by Crippen LogP contribution is 2.23. The van der Waals surface area contributed by atoms with Crippen molar-refractivity contribution in [2.45, 2.75) is 204 Å². The summed E-state index contributed by atoms with van der Waals surface area (Å²) in [6.45, 7) is 10.1. The molecule has 15 N–H and O–H groups in total. The predicted molar refractivity (Wildman–Crippen MR) is 429 cm³/mol. The van der Waals surface area contributed by atoms with Crippen LogP contribution in [-0.2, 0) is 76.8 Å². The van der Waals surface area contributed by atoms with Gasteiger partial charge in [0.15, 0.2) is 0 Å². The molecule has 10 atom stereocenters. The average molecular weight is 1610 g/mol. The van der Waals surface area contributed by atoms with Crippen molar-refractivity contribution in [3.8, 4) is 0 Å². The summed E-state index contributed by atoms with van der Waals surface area (Å²) in [5, 5.41) is 44.1. The zero-order valence-electron chi connectivity index (χ0n) is 65.8. The molecule has 6 aromatic rings. The molecule has 32 nitrogen and oxygen atoms in total. The number of aliphatic hydroxyl groups is 1. The molecular weight excluding hydrogens is 1500 g/mol. The first kappa shape index (κ1) is 90.8. The molecule has 4 heterocycles. The van der Waals surface area contributed by atoms with Crippen molar-refractivity contribution < 1.29 is 72.3 Å². The number of amides is 12. The van der Waals surface area contributed by atoms with E-state index in [-0.39, 0.29) is 114 Å². The number of aliphatic hydroxyl groups excluding tert-OH is 1. The van der Waals surface area contributed by atoms with Crippen LogP contribution in [0.1, 0.15) is 156 Å². The van der Waals surface area contributed by atoms with Gasteiger partial charge in [0.1, 0.15) is 60.4 Å². The Morgan fingerprint density at radius 2 is 0.965 bits per heavy atom. The molecule has 0 spiro atoms. The van der Waals surface area contributed by atoms with Gasteiger partial charge in [-0.2, -0.15) is 0 Å². The third-order valence-electron chi connectivity index (χ3n) is 19.1. The van der Waals surface area contributed by atoms with Crippen LogP contribution in [0.4, 0.5) is 0 Å². The fourth-order valence-electron chi connectivity index (χ4n) is 12.8. The van der Waals surface area contributed by atoms with Gasteiger partial charge in [-0.25, -0.2) is 4.79 Å². The molecule has 115 heavy (non-hydrogen) atoms. The molecule has 0 radical (unpaired) electrons. The first-order valence-corrected chi connectivity index (χ1v) is 39.3. The third-order valence-corrected chi connectivity index (χ3v) is 19.3. The van der Waals surface area contributed by atoms with Gasteiger partial charge >= 0.3 is 5.97 Å². The first-order chi connectivity index (χ1) is 55.2. The number of hydrogen-bond donors (Lipinski definition) is 14. The Balaban J connectivity index is 1.15. The second-order valence-electron chi connectivity index (χ2n) is 29.2. The van der Waals surface area contributed by atoms with E-state index in [0.29, 0.717) is 53.1 Å². The number of carbonyl (C=O) groups is 13. The lowest BCUT2D eigenvalue weighted by Gasteiger charge is -2.30. The van der Waals surface area contributed by atoms with E-state index in [1.807, 2.05) is 70.2 Å². The van der Waals surface area contributed by atoms with Crippen LogP contribution in [-0.4, -0.2) is 201 Å². The van der Waals surface area contributed by atoms with Gasteiger partial charge in [0.05, 0.1) is 17.7 Å². The Morgan fingerprint density at radius 1 is 0.504 bits per heavy atom. The summed E-state index contributed by atoms with van der Waals surface area (Å²) in [4.78, 5) is 202. The maximum atomic E-state index is 15.2. The number of nitrogens with two attached hydrogens (primary N) is 1. The Labute approximate surface area is 674 Å². The molecule has 3 aromatic heterocycles. The molecular formula is C82H108ClN17O15.